The molecule has 0 aromatic heterocycles. The van der Waals surface area contributed by atoms with Crippen molar-refractivity contribution in [1.29, 1.82) is 0 Å². The molecule has 0 radical (unpaired) electrons. The molecule has 0 spiro atoms. The Bertz CT molecular complexity index is 516. The van der Waals surface area contributed by atoms with Crippen molar-refractivity contribution in [2.24, 2.45) is 0 Å². The van der Waals surface area contributed by atoms with Crippen LogP contribution >= 0.6 is 36.1 Å². The molecule has 1 unspecified atom stereocenters. The lowest BCUT2D eigenvalue weighted by atomic mass is 10.2. The van der Waals surface area contributed by atoms with Gasteiger partial charge in [-0.25, -0.2) is 13.7 Å². The van der Waals surface area contributed by atoms with Gasteiger partial charge in [-0.2, -0.15) is 16.9 Å². The molecule has 146 valence electrons. The number of rotatable bonds is 7. The van der Waals surface area contributed by atoms with Crippen LogP contribution in [-0.2, 0) is 31.8 Å². The van der Waals surface area contributed by atoms with E-state index in [9.17, 15) is 18.8 Å². The van der Waals surface area contributed by atoms with Crippen LogP contribution in [0.5, 0.6) is 0 Å². The highest BCUT2D eigenvalue weighted by Crippen LogP contribution is 2.57. The molecule has 6 N–H and O–H groups in total. The van der Waals surface area contributed by atoms with E-state index in [1.54, 1.807) is 0 Å². The quantitative estimate of drug-likeness (QED) is 0.196. The second-order valence-corrected chi connectivity index (χ2v) is 8.81. The van der Waals surface area contributed by atoms with Gasteiger partial charge >= 0.3 is 23.5 Å². The maximum absolute atomic E-state index is 11.2. The lowest BCUT2D eigenvalue weighted by molar-refractivity contribution is -0.00598. The lowest BCUT2D eigenvalue weighted by Crippen LogP contribution is -2.35. The Morgan fingerprint density at radius 3 is 2.04 bits per heavy atom. The molecule has 1 fully saturated rings. The SMILES string of the molecule is CCS.O=P(O)(O)O[C@H]1[C@@H](O)CO[C@@H]1COP(=O)(O)OP(=O)(O)O. The van der Waals surface area contributed by atoms with Gasteiger partial charge in [0.2, 0.25) is 0 Å². The van der Waals surface area contributed by atoms with Crippen molar-refractivity contribution in [2.45, 2.75) is 25.2 Å². The topological polar surface area (TPSA) is 210 Å². The molecule has 0 amide bonds. The van der Waals surface area contributed by atoms with Crippen LogP contribution in [0.3, 0.4) is 0 Å². The molecule has 1 rings (SSSR count). The van der Waals surface area contributed by atoms with Crippen LogP contribution < -0.4 is 0 Å². The van der Waals surface area contributed by atoms with E-state index in [4.69, 9.17) is 29.2 Å². The summed E-state index contributed by atoms with van der Waals surface area (Å²) in [6.07, 6.45) is -4.37. The molecule has 24 heavy (non-hydrogen) atoms. The fraction of sp³-hybridized carbons (Fsp3) is 1.00. The van der Waals surface area contributed by atoms with Crippen LogP contribution in [0.15, 0.2) is 0 Å². The fourth-order valence-corrected chi connectivity index (χ4v) is 3.62. The van der Waals surface area contributed by atoms with Crippen LogP contribution in [0.2, 0.25) is 0 Å². The molecule has 4 atom stereocenters. The molecular weight excluding hydrogens is 417 g/mol. The molecule has 0 aromatic carbocycles. The van der Waals surface area contributed by atoms with E-state index in [2.05, 4.69) is 26.0 Å². The van der Waals surface area contributed by atoms with Crippen molar-refractivity contribution in [3.05, 3.63) is 0 Å². The standard InChI is InChI=1S/C5H13O13P3.C2H6S/c6-3-1-15-4(5(3)17-19(7,8)9)2-16-21(13,14)18-20(10,11)12;1-2-3/h3-6H,1-2H2,(H,13,14)(H2,7,8,9)(H2,10,11,12);3H,2H2,1H3/t3-,4+,5-;/m0./s1. The van der Waals surface area contributed by atoms with E-state index in [-0.39, 0.29) is 0 Å². The van der Waals surface area contributed by atoms with Crippen LogP contribution in [-0.4, -0.2) is 66.9 Å². The van der Waals surface area contributed by atoms with Gasteiger partial charge in [-0.1, -0.05) is 6.92 Å². The minimum atomic E-state index is -5.29. The zero-order valence-corrected chi connectivity index (χ0v) is 15.8. The highest BCUT2D eigenvalue weighted by molar-refractivity contribution is 7.80. The second-order valence-electron chi connectivity index (χ2n) is 4.15. The molecular formula is C7H19O13P3S. The third-order valence-electron chi connectivity index (χ3n) is 2.10. The summed E-state index contributed by atoms with van der Waals surface area (Å²) in [5.41, 5.74) is 0. The van der Waals surface area contributed by atoms with Crippen molar-refractivity contribution < 1.29 is 61.4 Å². The predicted octanol–water partition coefficient (Wildman–Crippen LogP) is -0.614. The molecule has 0 aromatic rings. The molecule has 0 aliphatic carbocycles. The Hall–Kier alpha value is 0.640. The summed E-state index contributed by atoms with van der Waals surface area (Å²) in [4.78, 5) is 43.0. The summed E-state index contributed by atoms with van der Waals surface area (Å²) >= 11 is 3.79. The summed E-state index contributed by atoms with van der Waals surface area (Å²) in [5, 5.41) is 9.40. The largest absolute Gasteiger partial charge is 0.481 e. The van der Waals surface area contributed by atoms with Gasteiger partial charge in [0.05, 0.1) is 13.2 Å². The molecule has 1 heterocycles. The summed E-state index contributed by atoms with van der Waals surface area (Å²) in [7, 11) is -15.4. The van der Waals surface area contributed by atoms with Crippen LogP contribution in [0.25, 0.3) is 0 Å². The average Bonchev–Trinajstić information content (AvgIpc) is 2.64. The minimum absolute atomic E-state index is 0.395. The van der Waals surface area contributed by atoms with Gasteiger partial charge in [0.1, 0.15) is 18.3 Å². The van der Waals surface area contributed by atoms with Crippen LogP contribution in [0.4, 0.5) is 0 Å². The molecule has 1 aliphatic rings. The van der Waals surface area contributed by atoms with E-state index in [1.807, 2.05) is 6.92 Å². The smallest absolute Gasteiger partial charge is 0.388 e. The van der Waals surface area contributed by atoms with Gasteiger partial charge in [0.15, 0.2) is 0 Å². The number of aliphatic hydroxyl groups is 1. The predicted molar refractivity (Wildman–Crippen MR) is 81.1 cm³/mol. The first-order valence-electron chi connectivity index (χ1n) is 6.09. The normalized spacial score (nSPS) is 27.2. The van der Waals surface area contributed by atoms with E-state index < -0.39 is 55.0 Å². The summed E-state index contributed by atoms with van der Waals surface area (Å²) in [6, 6.07) is 0. The Balaban J connectivity index is 0.00000163. The highest BCUT2D eigenvalue weighted by atomic mass is 32.1. The van der Waals surface area contributed by atoms with Crippen LogP contribution in [0.1, 0.15) is 6.92 Å². The first-order valence-corrected chi connectivity index (χ1v) is 11.3. The number of aliphatic hydroxyl groups excluding tert-OH is 1. The number of hydrogen-bond donors (Lipinski definition) is 7. The number of phosphoric acid groups is 3. The van der Waals surface area contributed by atoms with Crippen molar-refractivity contribution >= 4 is 36.1 Å². The van der Waals surface area contributed by atoms with Crippen molar-refractivity contribution in [1.82, 2.24) is 0 Å². The maximum Gasteiger partial charge on any atom is 0.481 e. The van der Waals surface area contributed by atoms with Gasteiger partial charge < -0.3 is 34.3 Å². The fourth-order valence-electron chi connectivity index (χ4n) is 1.42. The summed E-state index contributed by atoms with van der Waals surface area (Å²) in [6.45, 7) is 0.715. The minimum Gasteiger partial charge on any atom is -0.388 e. The Morgan fingerprint density at radius 2 is 1.62 bits per heavy atom. The Morgan fingerprint density at radius 1 is 1.12 bits per heavy atom. The highest BCUT2D eigenvalue weighted by Gasteiger charge is 2.43. The van der Waals surface area contributed by atoms with Crippen molar-refractivity contribution in [3.63, 3.8) is 0 Å². The molecule has 0 saturated carbocycles. The molecule has 13 nitrogen and oxygen atoms in total. The van der Waals surface area contributed by atoms with Gasteiger partial charge in [-0.15, -0.1) is 0 Å². The summed E-state index contributed by atoms with van der Waals surface area (Å²) < 4.78 is 49.0. The summed E-state index contributed by atoms with van der Waals surface area (Å²) in [5.74, 6) is 0.944. The van der Waals surface area contributed by atoms with E-state index in [0.717, 1.165) is 5.75 Å². The van der Waals surface area contributed by atoms with Gasteiger partial charge in [-0.05, 0) is 5.75 Å². The van der Waals surface area contributed by atoms with Crippen molar-refractivity contribution in [3.8, 4) is 0 Å². The van der Waals surface area contributed by atoms with E-state index >= 15 is 0 Å². The average molecular weight is 436 g/mol. The zero-order valence-electron chi connectivity index (χ0n) is 12.2. The number of hydrogen-bond acceptors (Lipinski definition) is 9. The number of ether oxygens (including phenoxy) is 1. The zero-order chi connectivity index (χ0) is 19.2. The van der Waals surface area contributed by atoms with E-state index in [0.29, 0.717) is 0 Å². The Kier molecular flexibility index (Phi) is 10.4. The Labute approximate surface area is 142 Å². The first-order chi connectivity index (χ1) is 10.7. The molecule has 1 saturated heterocycles. The third kappa shape index (κ3) is 11.3. The second kappa shape index (κ2) is 10.1. The van der Waals surface area contributed by atoms with Crippen LogP contribution in [0, 0.1) is 0 Å². The number of phosphoric ester groups is 2. The van der Waals surface area contributed by atoms with E-state index in [1.165, 1.54) is 0 Å². The molecule has 0 bridgehead atoms. The molecule has 17 heteroatoms. The maximum atomic E-state index is 11.2. The first kappa shape index (κ1) is 24.6. The molecule has 1 aliphatic heterocycles. The third-order valence-corrected chi connectivity index (χ3v) is 4.77. The number of thiol groups is 1. The lowest BCUT2D eigenvalue weighted by Gasteiger charge is -2.21. The monoisotopic (exact) mass is 436 g/mol. The van der Waals surface area contributed by atoms with Gasteiger partial charge in [0, 0.05) is 0 Å². The van der Waals surface area contributed by atoms with Crippen molar-refractivity contribution in [2.75, 3.05) is 19.0 Å². The van der Waals surface area contributed by atoms with Gasteiger partial charge in [-0.3, -0.25) is 9.05 Å². The van der Waals surface area contributed by atoms with Gasteiger partial charge in [0.25, 0.3) is 0 Å².